The molecular formula is C13H14N4OS. The Labute approximate surface area is 115 Å². The molecule has 1 fully saturated rings. The monoisotopic (exact) mass is 274 g/mol. The van der Waals surface area contributed by atoms with Crippen LogP contribution in [0.5, 0.6) is 0 Å². The van der Waals surface area contributed by atoms with Crippen LogP contribution in [0.2, 0.25) is 0 Å². The summed E-state index contributed by atoms with van der Waals surface area (Å²) in [4.78, 5) is 21.9. The third-order valence-electron chi connectivity index (χ3n) is 3.04. The van der Waals surface area contributed by atoms with Gasteiger partial charge in [-0.15, -0.1) is 0 Å². The van der Waals surface area contributed by atoms with Gasteiger partial charge in [-0.3, -0.25) is 9.69 Å². The highest BCUT2D eigenvalue weighted by atomic mass is 32.1. The zero-order valence-corrected chi connectivity index (χ0v) is 11.2. The van der Waals surface area contributed by atoms with Crippen molar-refractivity contribution in [1.82, 2.24) is 9.97 Å². The smallest absolute Gasteiger partial charge is 0.228 e. The average molecular weight is 274 g/mol. The SMILES string of the molecule is O=C1CCCN1c1cnc(NCc2ccsc2)cn1. The first kappa shape index (κ1) is 12.1. The number of thiophene rings is 1. The highest BCUT2D eigenvalue weighted by Gasteiger charge is 2.22. The molecule has 0 saturated carbocycles. The number of aromatic nitrogens is 2. The molecule has 0 aromatic carbocycles. The lowest BCUT2D eigenvalue weighted by atomic mass is 10.3. The van der Waals surface area contributed by atoms with Gasteiger partial charge in [-0.25, -0.2) is 9.97 Å². The molecule has 1 aliphatic rings. The number of hydrogen-bond donors (Lipinski definition) is 1. The largest absolute Gasteiger partial charge is 0.365 e. The van der Waals surface area contributed by atoms with Gasteiger partial charge in [-0.05, 0) is 28.8 Å². The van der Waals surface area contributed by atoms with Crippen molar-refractivity contribution in [2.45, 2.75) is 19.4 Å². The Balaban J connectivity index is 1.64. The fraction of sp³-hybridized carbons (Fsp3) is 0.308. The molecule has 0 atom stereocenters. The highest BCUT2D eigenvalue weighted by Crippen LogP contribution is 2.18. The zero-order valence-electron chi connectivity index (χ0n) is 10.4. The molecule has 0 aliphatic carbocycles. The Bertz CT molecular complexity index is 553. The third-order valence-corrected chi connectivity index (χ3v) is 3.77. The van der Waals surface area contributed by atoms with Gasteiger partial charge in [0.15, 0.2) is 5.82 Å². The average Bonchev–Trinajstić information content (AvgIpc) is 3.08. The van der Waals surface area contributed by atoms with Gasteiger partial charge in [0.25, 0.3) is 0 Å². The standard InChI is InChI=1S/C13H14N4OS/c18-13-2-1-4-17(13)12-8-15-11(7-16-12)14-6-10-3-5-19-9-10/h3,5,7-9H,1-2,4,6H2,(H,14,15). The first-order chi connectivity index (χ1) is 9.33. The van der Waals surface area contributed by atoms with E-state index < -0.39 is 0 Å². The molecule has 0 unspecified atom stereocenters. The Morgan fingerprint density at radius 2 is 2.32 bits per heavy atom. The molecule has 0 spiro atoms. The van der Waals surface area contributed by atoms with Gasteiger partial charge in [0.2, 0.25) is 5.91 Å². The van der Waals surface area contributed by atoms with Gasteiger partial charge < -0.3 is 5.32 Å². The van der Waals surface area contributed by atoms with E-state index in [1.54, 1.807) is 28.6 Å². The van der Waals surface area contributed by atoms with Crippen molar-refractivity contribution >= 4 is 28.9 Å². The number of amides is 1. The maximum absolute atomic E-state index is 11.6. The second kappa shape index (κ2) is 5.36. The topological polar surface area (TPSA) is 58.1 Å². The zero-order chi connectivity index (χ0) is 13.1. The fourth-order valence-corrected chi connectivity index (χ4v) is 2.70. The van der Waals surface area contributed by atoms with Crippen LogP contribution < -0.4 is 10.2 Å². The van der Waals surface area contributed by atoms with E-state index in [2.05, 4.69) is 26.7 Å². The van der Waals surface area contributed by atoms with Crippen LogP contribution in [0.4, 0.5) is 11.6 Å². The van der Waals surface area contributed by atoms with Crippen molar-refractivity contribution in [2.75, 3.05) is 16.8 Å². The second-order valence-electron chi connectivity index (χ2n) is 4.39. The number of rotatable bonds is 4. The first-order valence-corrected chi connectivity index (χ1v) is 7.14. The van der Waals surface area contributed by atoms with Crippen molar-refractivity contribution in [3.8, 4) is 0 Å². The molecule has 3 rings (SSSR count). The van der Waals surface area contributed by atoms with E-state index in [9.17, 15) is 4.79 Å². The summed E-state index contributed by atoms with van der Waals surface area (Å²) < 4.78 is 0. The summed E-state index contributed by atoms with van der Waals surface area (Å²) in [6.45, 7) is 1.48. The minimum absolute atomic E-state index is 0.133. The normalized spacial score (nSPS) is 14.9. The van der Waals surface area contributed by atoms with Crippen LogP contribution in [0.25, 0.3) is 0 Å². The van der Waals surface area contributed by atoms with Crippen LogP contribution in [0, 0.1) is 0 Å². The van der Waals surface area contributed by atoms with Gasteiger partial charge in [0, 0.05) is 19.5 Å². The second-order valence-corrected chi connectivity index (χ2v) is 5.17. The van der Waals surface area contributed by atoms with Crippen molar-refractivity contribution in [3.05, 3.63) is 34.8 Å². The molecule has 1 aliphatic heterocycles. The van der Waals surface area contributed by atoms with Crippen molar-refractivity contribution < 1.29 is 4.79 Å². The molecule has 5 nitrogen and oxygen atoms in total. The number of anilines is 2. The van der Waals surface area contributed by atoms with Crippen LogP contribution >= 0.6 is 11.3 Å². The van der Waals surface area contributed by atoms with Gasteiger partial charge in [-0.2, -0.15) is 11.3 Å². The Morgan fingerprint density at radius 3 is 2.95 bits per heavy atom. The lowest BCUT2D eigenvalue weighted by molar-refractivity contribution is -0.117. The molecule has 1 saturated heterocycles. The van der Waals surface area contributed by atoms with E-state index in [0.29, 0.717) is 12.2 Å². The van der Waals surface area contributed by atoms with Gasteiger partial charge in [0.05, 0.1) is 12.4 Å². The highest BCUT2D eigenvalue weighted by molar-refractivity contribution is 7.07. The maximum Gasteiger partial charge on any atom is 0.228 e. The minimum atomic E-state index is 0.133. The number of nitrogens with zero attached hydrogens (tertiary/aromatic N) is 3. The predicted octanol–water partition coefficient (Wildman–Crippen LogP) is 2.28. The number of nitrogens with one attached hydrogen (secondary N) is 1. The lowest BCUT2D eigenvalue weighted by Crippen LogP contribution is -2.24. The summed E-state index contributed by atoms with van der Waals surface area (Å²) in [6.07, 6.45) is 4.84. The molecule has 0 radical (unpaired) electrons. The molecule has 1 N–H and O–H groups in total. The molecule has 98 valence electrons. The van der Waals surface area contributed by atoms with Gasteiger partial charge in [-0.1, -0.05) is 0 Å². The summed E-state index contributed by atoms with van der Waals surface area (Å²) in [5, 5.41) is 7.35. The van der Waals surface area contributed by atoms with Gasteiger partial charge >= 0.3 is 0 Å². The molecule has 1 amide bonds. The lowest BCUT2D eigenvalue weighted by Gasteiger charge is -2.14. The van der Waals surface area contributed by atoms with Crippen LogP contribution in [-0.2, 0) is 11.3 Å². The molecule has 2 aromatic rings. The fourth-order valence-electron chi connectivity index (χ4n) is 2.03. The van der Waals surface area contributed by atoms with Crippen LogP contribution in [0.15, 0.2) is 29.2 Å². The molecule has 19 heavy (non-hydrogen) atoms. The van der Waals surface area contributed by atoms with E-state index in [-0.39, 0.29) is 5.91 Å². The minimum Gasteiger partial charge on any atom is -0.365 e. The Kier molecular flexibility index (Phi) is 3.41. The van der Waals surface area contributed by atoms with Crippen molar-refractivity contribution in [3.63, 3.8) is 0 Å². The summed E-state index contributed by atoms with van der Waals surface area (Å²) in [6, 6.07) is 2.07. The molecule has 0 bridgehead atoms. The summed E-state index contributed by atoms with van der Waals surface area (Å²) >= 11 is 1.67. The van der Waals surface area contributed by atoms with E-state index in [1.807, 2.05) is 5.38 Å². The van der Waals surface area contributed by atoms with Crippen LogP contribution in [0.1, 0.15) is 18.4 Å². The molecule has 2 aromatic heterocycles. The number of hydrogen-bond acceptors (Lipinski definition) is 5. The van der Waals surface area contributed by atoms with E-state index in [1.165, 1.54) is 5.56 Å². The Hall–Kier alpha value is -1.95. The molecule has 6 heteroatoms. The predicted molar refractivity (Wildman–Crippen MR) is 75.3 cm³/mol. The molecular weight excluding hydrogens is 260 g/mol. The first-order valence-electron chi connectivity index (χ1n) is 6.20. The Morgan fingerprint density at radius 1 is 1.37 bits per heavy atom. The molecule has 3 heterocycles. The van der Waals surface area contributed by atoms with E-state index in [0.717, 1.165) is 25.3 Å². The van der Waals surface area contributed by atoms with Crippen molar-refractivity contribution in [2.24, 2.45) is 0 Å². The summed E-state index contributed by atoms with van der Waals surface area (Å²) in [5.74, 6) is 1.50. The summed E-state index contributed by atoms with van der Waals surface area (Å²) in [7, 11) is 0. The van der Waals surface area contributed by atoms with E-state index >= 15 is 0 Å². The van der Waals surface area contributed by atoms with Crippen LogP contribution in [-0.4, -0.2) is 22.4 Å². The number of carbonyl (C=O) groups is 1. The maximum atomic E-state index is 11.6. The quantitative estimate of drug-likeness (QED) is 0.929. The van der Waals surface area contributed by atoms with Gasteiger partial charge in [0.1, 0.15) is 5.82 Å². The summed E-state index contributed by atoms with van der Waals surface area (Å²) in [5.41, 5.74) is 1.23. The van der Waals surface area contributed by atoms with Crippen LogP contribution in [0.3, 0.4) is 0 Å². The number of carbonyl (C=O) groups excluding carboxylic acids is 1. The van der Waals surface area contributed by atoms with Crippen molar-refractivity contribution in [1.29, 1.82) is 0 Å². The third kappa shape index (κ3) is 2.73. The van der Waals surface area contributed by atoms with E-state index in [4.69, 9.17) is 0 Å².